The van der Waals surface area contributed by atoms with E-state index in [0.717, 1.165) is 23.8 Å². The van der Waals surface area contributed by atoms with E-state index in [1.807, 2.05) is 0 Å². The number of hydrogen-bond donors (Lipinski definition) is 3. The third-order valence-corrected chi connectivity index (χ3v) is 7.07. The first-order valence-electron chi connectivity index (χ1n) is 10.8. The summed E-state index contributed by atoms with van der Waals surface area (Å²) in [5.74, 6) is -4.74. The molecule has 1 fully saturated rings. The second kappa shape index (κ2) is 10.7. The van der Waals surface area contributed by atoms with Gasteiger partial charge in [0.05, 0.1) is 20.8 Å². The van der Waals surface area contributed by atoms with E-state index >= 15 is 0 Å². The van der Waals surface area contributed by atoms with Crippen LogP contribution in [0.5, 0.6) is 0 Å². The molecule has 2 atom stereocenters. The zero-order valence-corrected chi connectivity index (χ0v) is 20.7. The van der Waals surface area contributed by atoms with Gasteiger partial charge >= 0.3 is 17.9 Å². The second-order valence-corrected chi connectivity index (χ2v) is 8.97. The molecule has 0 bridgehead atoms. The lowest BCUT2D eigenvalue weighted by atomic mass is 10.0. The first kappa shape index (κ1) is 26.3. The number of carbonyl (C=O) groups is 5. The van der Waals surface area contributed by atoms with Crippen LogP contribution in [0.2, 0.25) is 0 Å². The summed E-state index contributed by atoms with van der Waals surface area (Å²) in [4.78, 5) is 63.2. The van der Waals surface area contributed by atoms with Gasteiger partial charge in [0.1, 0.15) is 17.1 Å². The van der Waals surface area contributed by atoms with Crippen molar-refractivity contribution in [2.24, 2.45) is 5.16 Å². The molecule has 4 rings (SSSR count). The molecule has 0 aliphatic carbocycles. The van der Waals surface area contributed by atoms with E-state index in [0.29, 0.717) is 5.56 Å². The molecule has 3 heterocycles. The van der Waals surface area contributed by atoms with Gasteiger partial charge in [-0.1, -0.05) is 40.7 Å². The highest BCUT2D eigenvalue weighted by molar-refractivity contribution is 8.00. The Morgan fingerprint density at radius 1 is 1.16 bits per heavy atom. The Morgan fingerprint density at radius 2 is 1.84 bits per heavy atom. The number of ether oxygens (including phenoxy) is 2. The summed E-state index contributed by atoms with van der Waals surface area (Å²) >= 11 is 1.17. The largest absolute Gasteiger partial charge is 0.477 e. The number of aromatic nitrogens is 3. The molecule has 15 nitrogen and oxygen atoms in total. The number of aliphatic carboxylic acids is 1. The number of amides is 2. The highest BCUT2D eigenvalue weighted by Gasteiger charge is 2.54. The van der Waals surface area contributed by atoms with E-state index in [2.05, 4.69) is 25.5 Å². The zero-order valence-electron chi connectivity index (χ0n) is 19.9. The van der Waals surface area contributed by atoms with Crippen LogP contribution in [0.25, 0.3) is 0 Å². The minimum absolute atomic E-state index is 0.0795. The molecule has 2 aliphatic rings. The minimum atomic E-state index is -1.42. The monoisotopic (exact) mass is 544 g/mol. The average Bonchev–Trinajstić information content (AvgIpc) is 3.34. The van der Waals surface area contributed by atoms with E-state index in [-0.39, 0.29) is 35.0 Å². The van der Waals surface area contributed by atoms with E-state index in [1.165, 1.54) is 11.8 Å². The quantitative estimate of drug-likeness (QED) is 0.126. The first-order chi connectivity index (χ1) is 18.2. The third-order valence-electron chi connectivity index (χ3n) is 5.73. The number of rotatable bonds is 8. The number of thioether (sulfide) groups is 1. The zero-order chi connectivity index (χ0) is 27.6. The Hall–Kier alpha value is -4.73. The molecular formula is C22H20N6O9S. The fraction of sp³-hybridized carbons (Fsp3) is 0.273. The van der Waals surface area contributed by atoms with Crippen LogP contribution in [0.1, 0.15) is 26.5 Å². The van der Waals surface area contributed by atoms with Crippen LogP contribution in [-0.2, 0) is 30.4 Å². The van der Waals surface area contributed by atoms with Crippen LogP contribution in [0, 0.1) is 0 Å². The number of oxime groups is 1. The summed E-state index contributed by atoms with van der Waals surface area (Å²) in [5.41, 5.74) is -0.905. The summed E-state index contributed by atoms with van der Waals surface area (Å²) < 4.78 is 10.3. The van der Waals surface area contributed by atoms with Crippen molar-refractivity contribution in [2.45, 2.75) is 18.0 Å². The summed E-state index contributed by atoms with van der Waals surface area (Å²) in [7, 11) is 2.17. The lowest BCUT2D eigenvalue weighted by Gasteiger charge is -2.49. The number of β-lactam (4-membered cyclic amide) rings is 1. The van der Waals surface area contributed by atoms with Crippen LogP contribution >= 0.6 is 11.8 Å². The standard InChI is InChI=1S/C22H20N6O9S/c1-36-21(33)13-16(22(34)37-2)27(26-24-13)8-11-9-38-19-14(18(30)28(19)15(11)20(31)32)23-17(29)12(25-35)10-6-4-3-5-7-10/h3-7,14,19,35H,8-9H2,1-2H3,(H,23,29)(H,31,32)/t14-,19-/m1/s1. The van der Waals surface area contributed by atoms with Crippen LogP contribution < -0.4 is 5.32 Å². The maximum absolute atomic E-state index is 13.0. The highest BCUT2D eigenvalue weighted by atomic mass is 32.2. The Balaban J connectivity index is 1.59. The van der Waals surface area contributed by atoms with Crippen LogP contribution in [0.3, 0.4) is 0 Å². The SMILES string of the molecule is COC(=O)c1nnn(CC2=C(C(=O)O)N3C(=O)[C@@H](NC(=O)C(=NO)c4ccccc4)[C@H]3SC2)c1C(=O)OC. The van der Waals surface area contributed by atoms with Crippen LogP contribution in [-0.4, -0.2) is 97.0 Å². The van der Waals surface area contributed by atoms with Crippen molar-refractivity contribution in [3.8, 4) is 0 Å². The molecule has 0 radical (unpaired) electrons. The highest BCUT2D eigenvalue weighted by Crippen LogP contribution is 2.40. The normalized spacial score (nSPS) is 18.8. The minimum Gasteiger partial charge on any atom is -0.477 e. The molecule has 0 spiro atoms. The maximum Gasteiger partial charge on any atom is 0.361 e. The average molecular weight is 545 g/mol. The Bertz CT molecular complexity index is 1390. The van der Waals surface area contributed by atoms with Crippen molar-refractivity contribution in [3.05, 3.63) is 58.6 Å². The molecule has 0 saturated carbocycles. The lowest BCUT2D eigenvalue weighted by Crippen LogP contribution is -2.71. The van der Waals surface area contributed by atoms with Gasteiger partial charge in [-0.25, -0.2) is 19.1 Å². The van der Waals surface area contributed by atoms with Gasteiger partial charge in [-0.15, -0.1) is 16.9 Å². The molecule has 1 aromatic heterocycles. The molecular weight excluding hydrogens is 524 g/mol. The van der Waals surface area contributed by atoms with Crippen LogP contribution in [0.4, 0.5) is 0 Å². The summed E-state index contributed by atoms with van der Waals surface area (Å²) in [6, 6.07) is 7.02. The van der Waals surface area contributed by atoms with E-state index in [4.69, 9.17) is 4.74 Å². The number of nitrogens with zero attached hydrogens (tertiary/aromatic N) is 5. The fourth-order valence-corrected chi connectivity index (χ4v) is 5.32. The number of carbonyl (C=O) groups excluding carboxylic acids is 4. The smallest absolute Gasteiger partial charge is 0.361 e. The van der Waals surface area contributed by atoms with Crippen molar-refractivity contribution in [2.75, 3.05) is 20.0 Å². The fourth-order valence-electron chi connectivity index (χ4n) is 3.98. The molecule has 16 heteroatoms. The Labute approximate surface area is 218 Å². The van der Waals surface area contributed by atoms with Gasteiger partial charge in [-0.3, -0.25) is 14.5 Å². The number of benzene rings is 1. The van der Waals surface area contributed by atoms with Crippen molar-refractivity contribution >= 4 is 47.2 Å². The Morgan fingerprint density at radius 3 is 2.45 bits per heavy atom. The molecule has 198 valence electrons. The van der Waals surface area contributed by atoms with Gasteiger partial charge in [0.15, 0.2) is 11.4 Å². The number of hydrogen-bond acceptors (Lipinski definition) is 12. The predicted molar refractivity (Wildman–Crippen MR) is 127 cm³/mol. The first-order valence-corrected chi connectivity index (χ1v) is 11.9. The number of carboxylic acid groups (broad SMARTS) is 1. The second-order valence-electron chi connectivity index (χ2n) is 7.86. The van der Waals surface area contributed by atoms with E-state index < -0.39 is 46.8 Å². The number of methoxy groups -OCH3 is 2. The van der Waals surface area contributed by atoms with Crippen LogP contribution in [0.15, 0.2) is 46.8 Å². The third kappa shape index (κ3) is 4.56. The van der Waals surface area contributed by atoms with E-state index in [1.54, 1.807) is 30.3 Å². The molecule has 3 N–H and O–H groups in total. The topological polar surface area (TPSA) is 203 Å². The molecule has 2 aliphatic heterocycles. The summed E-state index contributed by atoms with van der Waals surface area (Å²) in [5, 5.41) is 31.4. The Kier molecular flexibility index (Phi) is 7.43. The van der Waals surface area contributed by atoms with Gasteiger partial charge in [0.2, 0.25) is 5.69 Å². The van der Waals surface area contributed by atoms with Gasteiger partial charge < -0.3 is 25.1 Å². The van der Waals surface area contributed by atoms with Crippen molar-refractivity contribution < 1.29 is 43.8 Å². The van der Waals surface area contributed by atoms with Crippen molar-refractivity contribution in [3.63, 3.8) is 0 Å². The van der Waals surface area contributed by atoms with Crippen molar-refractivity contribution in [1.29, 1.82) is 0 Å². The molecule has 1 saturated heterocycles. The van der Waals surface area contributed by atoms with Gasteiger partial charge in [0.25, 0.3) is 11.8 Å². The van der Waals surface area contributed by atoms with E-state index in [9.17, 15) is 34.3 Å². The lowest BCUT2D eigenvalue weighted by molar-refractivity contribution is -0.150. The number of fused-ring (bicyclic) bond motifs is 1. The van der Waals surface area contributed by atoms with Gasteiger partial charge in [-0.2, -0.15) is 0 Å². The summed E-state index contributed by atoms with van der Waals surface area (Å²) in [6.45, 7) is -0.300. The molecule has 2 aromatic rings. The number of esters is 2. The van der Waals surface area contributed by atoms with Gasteiger partial charge in [0, 0.05) is 11.3 Å². The maximum atomic E-state index is 13.0. The number of carboxylic acids is 1. The van der Waals surface area contributed by atoms with Crippen molar-refractivity contribution in [1.82, 2.24) is 25.2 Å². The summed E-state index contributed by atoms with van der Waals surface area (Å²) in [6.07, 6.45) is 0. The van der Waals surface area contributed by atoms with Gasteiger partial charge in [-0.05, 0) is 5.57 Å². The predicted octanol–water partition coefficient (Wildman–Crippen LogP) is -0.532. The molecule has 1 aromatic carbocycles. The molecule has 38 heavy (non-hydrogen) atoms. The molecule has 0 unspecified atom stereocenters. The molecule has 2 amide bonds. The number of nitrogens with one attached hydrogen (secondary N) is 1.